The fourth-order valence-electron chi connectivity index (χ4n) is 7.89. The molecule has 2 aliphatic heterocycles. The third kappa shape index (κ3) is 6.61. The number of hydrogen-bond donors (Lipinski definition) is 3. The van der Waals surface area contributed by atoms with Crippen molar-refractivity contribution in [3.63, 3.8) is 0 Å². The maximum absolute atomic E-state index is 11.5. The SMILES string of the molecule is Cc1c(Nc2nccc3cc(C(C)N4CC[C@@H](O)C4)cnc23)cccc1-c1cccc(-c2nc3cc(CN4CC[C@@H](C(=O)O)C4)cc(C#N)c3o2)c1C. The van der Waals surface area contributed by atoms with Gasteiger partial charge in [-0.25, -0.2) is 9.97 Å². The average Bonchev–Trinajstić information content (AvgIpc) is 3.92. The zero-order valence-electron chi connectivity index (χ0n) is 30.0. The Bertz CT molecular complexity index is 2420. The molecule has 0 radical (unpaired) electrons. The molecule has 6 aromatic rings. The van der Waals surface area contributed by atoms with Gasteiger partial charge in [0.05, 0.1) is 17.6 Å². The number of rotatable bonds is 9. The van der Waals surface area contributed by atoms with E-state index in [1.807, 2.05) is 48.7 Å². The van der Waals surface area contributed by atoms with Gasteiger partial charge in [-0.3, -0.25) is 19.6 Å². The highest BCUT2D eigenvalue weighted by Crippen LogP contribution is 2.38. The van der Waals surface area contributed by atoms with E-state index in [9.17, 15) is 20.3 Å². The maximum Gasteiger partial charge on any atom is 0.307 e. The molecule has 11 heteroatoms. The van der Waals surface area contributed by atoms with Crippen LogP contribution in [0.15, 0.2) is 77.5 Å². The van der Waals surface area contributed by atoms with Crippen LogP contribution in [0.1, 0.15) is 53.6 Å². The van der Waals surface area contributed by atoms with Gasteiger partial charge in [-0.1, -0.05) is 24.3 Å². The number of benzene rings is 3. The molecule has 0 bridgehead atoms. The van der Waals surface area contributed by atoms with Crippen LogP contribution in [-0.2, 0) is 11.3 Å². The summed E-state index contributed by atoms with van der Waals surface area (Å²) in [6, 6.07) is 22.6. The lowest BCUT2D eigenvalue weighted by molar-refractivity contribution is -0.141. The van der Waals surface area contributed by atoms with Crippen molar-refractivity contribution in [2.24, 2.45) is 5.92 Å². The number of likely N-dealkylation sites (tertiary alicyclic amines) is 2. The average molecular weight is 708 g/mol. The summed E-state index contributed by atoms with van der Waals surface area (Å²) in [4.78, 5) is 30.2. The van der Waals surface area contributed by atoms with Gasteiger partial charge in [0.1, 0.15) is 17.1 Å². The van der Waals surface area contributed by atoms with E-state index < -0.39 is 5.97 Å². The lowest BCUT2D eigenvalue weighted by Gasteiger charge is -2.24. The molecule has 0 saturated carbocycles. The van der Waals surface area contributed by atoms with E-state index in [4.69, 9.17) is 14.4 Å². The number of aliphatic hydroxyl groups is 1. The smallest absolute Gasteiger partial charge is 0.307 e. The molecule has 3 N–H and O–H groups in total. The van der Waals surface area contributed by atoms with Gasteiger partial charge < -0.3 is 19.9 Å². The van der Waals surface area contributed by atoms with Gasteiger partial charge in [-0.15, -0.1) is 0 Å². The summed E-state index contributed by atoms with van der Waals surface area (Å²) in [6.45, 7) is 9.59. The molecule has 3 atom stereocenters. The van der Waals surface area contributed by atoms with Crippen molar-refractivity contribution in [2.45, 2.75) is 52.3 Å². The first-order chi connectivity index (χ1) is 25.7. The van der Waals surface area contributed by atoms with Crippen molar-refractivity contribution in [1.82, 2.24) is 24.8 Å². The van der Waals surface area contributed by atoms with E-state index in [0.717, 1.165) is 68.5 Å². The molecule has 1 unspecified atom stereocenters. The Morgan fingerprint density at radius 1 is 1.02 bits per heavy atom. The van der Waals surface area contributed by atoms with Crippen LogP contribution in [0.2, 0.25) is 0 Å². The van der Waals surface area contributed by atoms with Gasteiger partial charge in [0.25, 0.3) is 0 Å². The molecular weight excluding hydrogens is 667 g/mol. The molecule has 2 fully saturated rings. The standard InChI is InChI=1S/C42H41N7O4/c1-24-33(6-4-8-35(24)41-47-37-17-27(16-30(19-43)39(37)53-41)21-48-14-11-29(22-48)42(51)52)34-7-5-9-36(25(34)2)46-40-38-28(10-13-44-40)18-31(20-45-38)26(3)49-15-12-32(50)23-49/h4-10,13,16-18,20,26,29,32,50H,11-12,14-15,21-23H2,1-3H3,(H,44,46)(H,51,52)/t26?,29-,32-/m1/s1. The number of β-amino-alcohol motifs (C(OH)–C–C–N with tert-alkyl or cyclic N) is 1. The molecule has 3 aromatic heterocycles. The number of carbonyl (C=O) groups is 1. The monoisotopic (exact) mass is 707 g/mol. The largest absolute Gasteiger partial charge is 0.481 e. The first kappa shape index (κ1) is 34.4. The number of carboxylic acid groups (broad SMARTS) is 1. The maximum atomic E-state index is 11.5. The summed E-state index contributed by atoms with van der Waals surface area (Å²) in [6.07, 6.45) is 4.86. The Hall–Kier alpha value is -5.67. The van der Waals surface area contributed by atoms with Gasteiger partial charge in [-0.05, 0) is 110 Å². The van der Waals surface area contributed by atoms with Crippen molar-refractivity contribution in [2.75, 3.05) is 31.5 Å². The predicted molar refractivity (Wildman–Crippen MR) is 204 cm³/mol. The Morgan fingerprint density at radius 3 is 2.57 bits per heavy atom. The fraction of sp³-hybridized carbons (Fsp3) is 0.310. The quantitative estimate of drug-likeness (QED) is 0.138. The van der Waals surface area contributed by atoms with Crippen LogP contribution in [-0.4, -0.2) is 73.2 Å². The Kier molecular flexibility index (Phi) is 9.12. The first-order valence-electron chi connectivity index (χ1n) is 18.1. The normalized spacial score (nSPS) is 18.5. The van der Waals surface area contributed by atoms with Gasteiger partial charge in [0.15, 0.2) is 11.4 Å². The second kappa shape index (κ2) is 14.0. The minimum Gasteiger partial charge on any atom is -0.481 e. The summed E-state index contributed by atoms with van der Waals surface area (Å²) in [7, 11) is 0. The van der Waals surface area contributed by atoms with Crippen LogP contribution in [0.25, 0.3) is 44.6 Å². The third-order valence-electron chi connectivity index (χ3n) is 11.0. The Morgan fingerprint density at radius 2 is 1.81 bits per heavy atom. The number of carboxylic acids is 1. The van der Waals surface area contributed by atoms with Crippen LogP contribution in [0.4, 0.5) is 11.5 Å². The highest BCUT2D eigenvalue weighted by Gasteiger charge is 2.29. The van der Waals surface area contributed by atoms with Crippen molar-refractivity contribution >= 4 is 39.5 Å². The third-order valence-corrected chi connectivity index (χ3v) is 11.0. The molecule has 2 aliphatic rings. The Labute approximate surface area is 307 Å². The van der Waals surface area contributed by atoms with Crippen molar-refractivity contribution in [3.05, 3.63) is 101 Å². The highest BCUT2D eigenvalue weighted by molar-refractivity contribution is 5.91. The number of aliphatic carboxylic acids is 1. The van der Waals surface area contributed by atoms with E-state index >= 15 is 0 Å². The second-order valence-electron chi connectivity index (χ2n) is 14.4. The molecule has 0 aliphatic carbocycles. The van der Waals surface area contributed by atoms with Gasteiger partial charge >= 0.3 is 5.97 Å². The van der Waals surface area contributed by atoms with Crippen LogP contribution < -0.4 is 5.32 Å². The minimum absolute atomic E-state index is 0.155. The number of pyridine rings is 2. The first-order valence-corrected chi connectivity index (χ1v) is 18.1. The van der Waals surface area contributed by atoms with E-state index in [1.165, 1.54) is 0 Å². The zero-order chi connectivity index (χ0) is 36.8. The number of nitrogens with zero attached hydrogens (tertiary/aromatic N) is 6. The number of anilines is 2. The van der Waals surface area contributed by atoms with Crippen molar-refractivity contribution < 1.29 is 19.4 Å². The van der Waals surface area contributed by atoms with E-state index in [1.54, 1.807) is 6.20 Å². The number of nitriles is 1. The number of aliphatic hydroxyl groups excluding tert-OH is 1. The van der Waals surface area contributed by atoms with Gasteiger partial charge in [0, 0.05) is 61.3 Å². The minimum atomic E-state index is -0.767. The van der Waals surface area contributed by atoms with E-state index in [0.29, 0.717) is 61.0 Å². The summed E-state index contributed by atoms with van der Waals surface area (Å²) in [5.41, 5.74) is 10.1. The number of fused-ring (bicyclic) bond motifs is 2. The van der Waals surface area contributed by atoms with Crippen LogP contribution in [0, 0.1) is 31.1 Å². The molecule has 3 aromatic carbocycles. The highest BCUT2D eigenvalue weighted by atomic mass is 16.4. The van der Waals surface area contributed by atoms with Crippen LogP contribution >= 0.6 is 0 Å². The summed E-state index contributed by atoms with van der Waals surface area (Å²) in [5.74, 6) is -0.0195. The molecular formula is C42H41N7O4. The number of nitrogens with one attached hydrogen (secondary N) is 1. The number of aromatic nitrogens is 3. The fourth-order valence-corrected chi connectivity index (χ4v) is 7.89. The summed E-state index contributed by atoms with van der Waals surface area (Å²) < 4.78 is 6.29. The van der Waals surface area contributed by atoms with Crippen LogP contribution in [0.3, 0.4) is 0 Å². The Balaban J connectivity index is 1.07. The lowest BCUT2D eigenvalue weighted by Crippen LogP contribution is -2.25. The molecule has 2 saturated heterocycles. The molecule has 0 spiro atoms. The topological polar surface area (TPSA) is 152 Å². The molecule has 5 heterocycles. The lowest BCUT2D eigenvalue weighted by atomic mass is 9.93. The number of hydrogen-bond acceptors (Lipinski definition) is 10. The molecule has 0 amide bonds. The van der Waals surface area contributed by atoms with E-state index in [2.05, 4.69) is 65.1 Å². The molecule has 268 valence electrons. The van der Waals surface area contributed by atoms with Crippen molar-refractivity contribution in [1.29, 1.82) is 5.26 Å². The van der Waals surface area contributed by atoms with Gasteiger partial charge in [0.2, 0.25) is 5.89 Å². The predicted octanol–water partition coefficient (Wildman–Crippen LogP) is 7.37. The van der Waals surface area contributed by atoms with E-state index in [-0.39, 0.29) is 18.1 Å². The summed E-state index contributed by atoms with van der Waals surface area (Å²) in [5, 5.41) is 34.0. The van der Waals surface area contributed by atoms with Crippen LogP contribution in [0.5, 0.6) is 0 Å². The zero-order valence-corrected chi connectivity index (χ0v) is 30.0. The molecule has 53 heavy (non-hydrogen) atoms. The molecule has 8 rings (SSSR count). The summed E-state index contributed by atoms with van der Waals surface area (Å²) >= 11 is 0. The second-order valence-corrected chi connectivity index (χ2v) is 14.4. The molecule has 11 nitrogen and oxygen atoms in total. The number of oxazole rings is 1. The van der Waals surface area contributed by atoms with Crippen molar-refractivity contribution in [3.8, 4) is 28.7 Å². The van der Waals surface area contributed by atoms with Gasteiger partial charge in [-0.2, -0.15) is 5.26 Å².